The summed E-state index contributed by atoms with van der Waals surface area (Å²) in [5, 5.41) is 12.4. The van der Waals surface area contributed by atoms with Crippen molar-refractivity contribution in [2.45, 2.75) is 19.3 Å². The molecule has 0 aromatic heterocycles. The quantitative estimate of drug-likeness (QED) is 0.638. The Morgan fingerprint density at radius 3 is 2.38 bits per heavy atom. The van der Waals surface area contributed by atoms with E-state index < -0.39 is 11.3 Å². The van der Waals surface area contributed by atoms with Crippen LogP contribution in [0.2, 0.25) is 0 Å². The summed E-state index contributed by atoms with van der Waals surface area (Å²) >= 11 is 0. The number of nitrogens with zero attached hydrogens (tertiary/aromatic N) is 2. The lowest BCUT2D eigenvalue weighted by atomic mass is 9.68. The Labute approximate surface area is 171 Å². The Bertz CT molecular complexity index is 1090. The highest BCUT2D eigenvalue weighted by molar-refractivity contribution is 5.91. The van der Waals surface area contributed by atoms with Crippen molar-refractivity contribution in [3.63, 3.8) is 0 Å². The maximum atomic E-state index is 13.5. The summed E-state index contributed by atoms with van der Waals surface area (Å²) < 4.78 is 5.65. The van der Waals surface area contributed by atoms with Crippen molar-refractivity contribution >= 4 is 16.7 Å². The van der Waals surface area contributed by atoms with Gasteiger partial charge in [0.05, 0.1) is 13.2 Å². The van der Waals surface area contributed by atoms with Crippen LogP contribution in [-0.2, 0) is 4.79 Å². The van der Waals surface area contributed by atoms with Crippen LogP contribution in [-0.4, -0.2) is 31.0 Å². The number of likely N-dealkylation sites (tertiary alicyclic amines) is 1. The third kappa shape index (κ3) is 3.13. The number of methoxy groups -OCH3 is 1. The summed E-state index contributed by atoms with van der Waals surface area (Å²) in [6.45, 7) is 3.20. The number of carbonyl (C=O) groups is 1. The summed E-state index contributed by atoms with van der Waals surface area (Å²) in [7, 11) is 1.62. The molecule has 0 N–H and O–H groups in total. The first-order valence-electron chi connectivity index (χ1n) is 9.91. The predicted molar refractivity (Wildman–Crippen MR) is 114 cm³/mol. The molecule has 0 spiro atoms. The fraction of sp³-hybridized carbons (Fsp3) is 0.280. The Morgan fingerprint density at radius 2 is 1.69 bits per heavy atom. The van der Waals surface area contributed by atoms with Gasteiger partial charge in [-0.25, -0.2) is 0 Å². The number of benzene rings is 3. The third-order valence-corrected chi connectivity index (χ3v) is 5.98. The van der Waals surface area contributed by atoms with Crippen molar-refractivity contribution in [2.75, 3.05) is 20.2 Å². The number of nitriles is 1. The molecule has 0 saturated carbocycles. The molecule has 1 saturated heterocycles. The van der Waals surface area contributed by atoms with E-state index >= 15 is 0 Å². The van der Waals surface area contributed by atoms with Gasteiger partial charge in [-0.1, -0.05) is 60.7 Å². The predicted octanol–water partition coefficient (Wildman–Crippen LogP) is 4.74. The molecular weight excluding hydrogens is 360 g/mol. The largest absolute Gasteiger partial charge is 0.496 e. The van der Waals surface area contributed by atoms with Gasteiger partial charge in [0.1, 0.15) is 11.2 Å². The summed E-state index contributed by atoms with van der Waals surface area (Å²) in [6.07, 6.45) is 0.987. The van der Waals surface area contributed by atoms with Crippen LogP contribution in [0.4, 0.5) is 0 Å². The molecule has 4 nitrogen and oxygen atoms in total. The van der Waals surface area contributed by atoms with E-state index in [0.29, 0.717) is 18.8 Å². The maximum Gasteiger partial charge on any atom is 0.243 e. The number of hydrogen-bond donors (Lipinski definition) is 0. The van der Waals surface area contributed by atoms with Crippen molar-refractivity contribution < 1.29 is 9.53 Å². The molecule has 3 aromatic rings. The van der Waals surface area contributed by atoms with Gasteiger partial charge in [-0.2, -0.15) is 5.26 Å². The zero-order chi connectivity index (χ0) is 20.4. The molecule has 0 aliphatic carbocycles. The van der Waals surface area contributed by atoms with E-state index in [0.717, 1.165) is 28.3 Å². The van der Waals surface area contributed by atoms with E-state index in [1.54, 1.807) is 18.9 Å². The minimum Gasteiger partial charge on any atom is -0.496 e. The van der Waals surface area contributed by atoms with Gasteiger partial charge in [-0.15, -0.1) is 0 Å². The Kier molecular flexibility index (Phi) is 4.98. The number of hydrogen-bond acceptors (Lipinski definition) is 3. The highest BCUT2D eigenvalue weighted by Crippen LogP contribution is 2.47. The lowest BCUT2D eigenvalue weighted by Gasteiger charge is -2.40. The van der Waals surface area contributed by atoms with Gasteiger partial charge >= 0.3 is 0 Å². The fourth-order valence-corrected chi connectivity index (χ4v) is 4.28. The van der Waals surface area contributed by atoms with Crippen LogP contribution in [0.3, 0.4) is 0 Å². The lowest BCUT2D eigenvalue weighted by Crippen LogP contribution is -2.51. The first-order valence-corrected chi connectivity index (χ1v) is 9.91. The monoisotopic (exact) mass is 384 g/mol. The van der Waals surface area contributed by atoms with Crippen LogP contribution >= 0.6 is 0 Å². The van der Waals surface area contributed by atoms with E-state index in [1.165, 1.54) is 0 Å². The van der Waals surface area contributed by atoms with Crippen LogP contribution in [0.15, 0.2) is 66.7 Å². The second-order valence-electron chi connectivity index (χ2n) is 7.70. The van der Waals surface area contributed by atoms with Gasteiger partial charge in [-0.05, 0) is 35.7 Å². The van der Waals surface area contributed by atoms with Crippen molar-refractivity contribution in [3.05, 3.63) is 77.9 Å². The van der Waals surface area contributed by atoms with Gasteiger partial charge in [0, 0.05) is 24.6 Å². The van der Waals surface area contributed by atoms with Crippen LogP contribution in [0.25, 0.3) is 10.8 Å². The van der Waals surface area contributed by atoms with Gasteiger partial charge in [0.2, 0.25) is 5.91 Å². The molecule has 0 bridgehead atoms. The molecule has 0 radical (unpaired) electrons. The zero-order valence-electron chi connectivity index (χ0n) is 16.8. The summed E-state index contributed by atoms with van der Waals surface area (Å²) in [5.41, 5.74) is 0.564. The van der Waals surface area contributed by atoms with Crippen LogP contribution in [0, 0.1) is 16.7 Å². The molecule has 1 heterocycles. The Hall–Kier alpha value is -3.32. The molecule has 29 heavy (non-hydrogen) atoms. The number of fused-ring (bicyclic) bond motifs is 1. The second kappa shape index (κ2) is 7.60. The average Bonchev–Trinajstić information content (AvgIpc) is 2.73. The van der Waals surface area contributed by atoms with Crippen molar-refractivity contribution in [3.8, 4) is 11.8 Å². The molecule has 2 atom stereocenters. The van der Waals surface area contributed by atoms with E-state index in [9.17, 15) is 10.1 Å². The number of rotatable bonds is 5. The second-order valence-corrected chi connectivity index (χ2v) is 7.70. The fourth-order valence-electron chi connectivity index (χ4n) is 4.28. The summed E-state index contributed by atoms with van der Waals surface area (Å²) in [4.78, 5) is 15.3. The smallest absolute Gasteiger partial charge is 0.243 e. The van der Waals surface area contributed by atoms with E-state index in [1.807, 2.05) is 48.5 Å². The number of amides is 1. The summed E-state index contributed by atoms with van der Waals surface area (Å²) in [5.74, 6) is 0.112. The minimum absolute atomic E-state index is 0.116. The Balaban J connectivity index is 1.99. The molecule has 146 valence electrons. The molecule has 4 rings (SSSR count). The van der Waals surface area contributed by atoms with Crippen molar-refractivity contribution in [1.29, 1.82) is 5.26 Å². The van der Waals surface area contributed by atoms with Crippen LogP contribution < -0.4 is 4.74 Å². The standard InChI is InChI=1S/C25H24N2O2/c1-25(17-26,24(28)27-15-8-16-27)23(21-12-5-6-14-22(21)29-2)20-13-7-10-18-9-3-4-11-19(18)20/h3-7,9-14,23H,8,15-16H2,1-2H3/t23?,25-/m1/s1. The number of carbonyl (C=O) groups excluding carboxylic acids is 1. The van der Waals surface area contributed by atoms with Gasteiger partial charge in [0.25, 0.3) is 0 Å². The van der Waals surface area contributed by atoms with E-state index in [2.05, 4.69) is 24.3 Å². The van der Waals surface area contributed by atoms with E-state index in [-0.39, 0.29) is 5.91 Å². The third-order valence-electron chi connectivity index (χ3n) is 5.98. The SMILES string of the molecule is COc1ccccc1C(c1cccc2ccccc12)[C@@](C)(C#N)C(=O)N1CCC1. The number of ether oxygens (including phenoxy) is 1. The number of para-hydroxylation sites is 1. The normalized spacial score (nSPS) is 16.4. The van der Waals surface area contributed by atoms with Gasteiger partial charge in [0.15, 0.2) is 0 Å². The Morgan fingerprint density at radius 1 is 1.03 bits per heavy atom. The first kappa shape index (κ1) is 19.0. The van der Waals surface area contributed by atoms with Crippen LogP contribution in [0.1, 0.15) is 30.4 Å². The molecule has 1 aliphatic rings. The first-order chi connectivity index (χ1) is 14.1. The lowest BCUT2D eigenvalue weighted by molar-refractivity contribution is -0.142. The van der Waals surface area contributed by atoms with Gasteiger partial charge in [-0.3, -0.25) is 4.79 Å². The summed E-state index contributed by atoms with van der Waals surface area (Å²) in [6, 6.07) is 24.3. The zero-order valence-corrected chi connectivity index (χ0v) is 16.8. The highest BCUT2D eigenvalue weighted by atomic mass is 16.5. The molecule has 1 unspecified atom stereocenters. The molecule has 1 aliphatic heterocycles. The van der Waals surface area contributed by atoms with Crippen molar-refractivity contribution in [2.24, 2.45) is 5.41 Å². The molecule has 1 fully saturated rings. The maximum absolute atomic E-state index is 13.5. The average molecular weight is 384 g/mol. The minimum atomic E-state index is -1.25. The van der Waals surface area contributed by atoms with E-state index in [4.69, 9.17) is 4.74 Å². The highest BCUT2D eigenvalue weighted by Gasteiger charge is 2.48. The van der Waals surface area contributed by atoms with Crippen LogP contribution in [0.5, 0.6) is 5.75 Å². The molecule has 4 heteroatoms. The molecule has 1 amide bonds. The molecular formula is C25H24N2O2. The van der Waals surface area contributed by atoms with Gasteiger partial charge < -0.3 is 9.64 Å². The van der Waals surface area contributed by atoms with Crippen molar-refractivity contribution in [1.82, 2.24) is 4.90 Å². The topological polar surface area (TPSA) is 53.3 Å². The molecule has 3 aromatic carbocycles.